The minimum Gasteiger partial charge on any atom is -0.491 e. The van der Waals surface area contributed by atoms with Crippen LogP contribution in [0.1, 0.15) is 20.3 Å². The maximum Gasteiger partial charge on any atom is 0.240 e. The van der Waals surface area contributed by atoms with Crippen LogP contribution in [0.5, 0.6) is 5.75 Å². The molecular weight excluding hydrogens is 292 g/mol. The summed E-state index contributed by atoms with van der Waals surface area (Å²) in [5, 5.41) is 3.04. The number of nitrogens with two attached hydrogens (primary N) is 1. The smallest absolute Gasteiger partial charge is 0.240 e. The van der Waals surface area contributed by atoms with E-state index in [9.17, 15) is 13.2 Å². The monoisotopic (exact) mass is 314 g/mol. The van der Waals surface area contributed by atoms with E-state index in [0.29, 0.717) is 12.3 Å². The van der Waals surface area contributed by atoms with Gasteiger partial charge < -0.3 is 15.8 Å². The molecule has 118 valence electrons. The number of sulfone groups is 1. The fourth-order valence-electron chi connectivity index (χ4n) is 1.63. The summed E-state index contributed by atoms with van der Waals surface area (Å²) in [4.78, 5) is 11.7. The molecule has 0 aliphatic heterocycles. The standard InChI is InChI=1S/C14H22N2O4S/c1-4-8-16-14(2,13(15)17)10-20-11-6-5-7-12(9-11)21(3,18)19/h5-7,9,16H,4,8,10H2,1-3H3,(H2,15,17). The van der Waals surface area contributed by atoms with Gasteiger partial charge in [-0.15, -0.1) is 0 Å². The molecule has 1 rings (SSSR count). The topological polar surface area (TPSA) is 98.5 Å². The van der Waals surface area contributed by atoms with Crippen molar-refractivity contribution in [2.45, 2.75) is 30.7 Å². The number of hydrogen-bond donors (Lipinski definition) is 2. The Balaban J connectivity index is 2.84. The molecule has 0 spiro atoms. The van der Waals surface area contributed by atoms with Crippen molar-refractivity contribution >= 4 is 15.7 Å². The molecule has 1 aromatic carbocycles. The van der Waals surface area contributed by atoms with Crippen molar-refractivity contribution in [3.63, 3.8) is 0 Å². The maximum absolute atomic E-state index is 11.6. The number of benzene rings is 1. The summed E-state index contributed by atoms with van der Waals surface area (Å²) in [6.07, 6.45) is 1.98. The summed E-state index contributed by atoms with van der Waals surface area (Å²) in [6, 6.07) is 6.14. The van der Waals surface area contributed by atoms with E-state index in [2.05, 4.69) is 5.32 Å². The first kappa shape index (κ1) is 17.5. The van der Waals surface area contributed by atoms with Gasteiger partial charge in [0.1, 0.15) is 17.9 Å². The molecule has 3 N–H and O–H groups in total. The van der Waals surface area contributed by atoms with Crippen LogP contribution < -0.4 is 15.8 Å². The number of rotatable bonds is 8. The van der Waals surface area contributed by atoms with E-state index in [1.165, 1.54) is 12.1 Å². The van der Waals surface area contributed by atoms with Crippen LogP contribution in [0.4, 0.5) is 0 Å². The van der Waals surface area contributed by atoms with E-state index in [-0.39, 0.29) is 11.5 Å². The minimum absolute atomic E-state index is 0.0234. The zero-order chi connectivity index (χ0) is 16.1. The summed E-state index contributed by atoms with van der Waals surface area (Å²) < 4.78 is 28.5. The van der Waals surface area contributed by atoms with E-state index in [1.54, 1.807) is 19.1 Å². The summed E-state index contributed by atoms with van der Waals surface area (Å²) in [5.74, 6) is -0.140. The van der Waals surface area contributed by atoms with Crippen LogP contribution in [0.3, 0.4) is 0 Å². The molecule has 1 aromatic rings. The molecule has 0 aliphatic carbocycles. The summed E-state index contributed by atoms with van der Waals surface area (Å²) in [7, 11) is -3.30. The molecule has 21 heavy (non-hydrogen) atoms. The lowest BCUT2D eigenvalue weighted by atomic mass is 10.0. The first-order valence-electron chi connectivity index (χ1n) is 6.67. The molecular formula is C14H22N2O4S. The number of carbonyl (C=O) groups excluding carboxylic acids is 1. The first-order chi connectivity index (χ1) is 9.69. The molecule has 0 aromatic heterocycles. The van der Waals surface area contributed by atoms with Gasteiger partial charge in [0.25, 0.3) is 0 Å². The van der Waals surface area contributed by atoms with E-state index in [4.69, 9.17) is 10.5 Å². The molecule has 0 heterocycles. The Morgan fingerprint density at radius 2 is 2.10 bits per heavy atom. The Morgan fingerprint density at radius 3 is 2.62 bits per heavy atom. The second-order valence-electron chi connectivity index (χ2n) is 5.16. The van der Waals surface area contributed by atoms with Crippen LogP contribution in [-0.2, 0) is 14.6 Å². The number of primary amides is 1. The van der Waals surface area contributed by atoms with Gasteiger partial charge in [-0.2, -0.15) is 0 Å². The van der Waals surface area contributed by atoms with E-state index in [0.717, 1.165) is 12.7 Å². The normalized spacial score (nSPS) is 14.4. The molecule has 0 fully saturated rings. The quantitative estimate of drug-likeness (QED) is 0.736. The predicted molar refractivity (Wildman–Crippen MR) is 80.9 cm³/mol. The van der Waals surface area contributed by atoms with Crippen molar-refractivity contribution in [3.05, 3.63) is 24.3 Å². The van der Waals surface area contributed by atoms with Crippen molar-refractivity contribution < 1.29 is 17.9 Å². The van der Waals surface area contributed by atoms with Gasteiger partial charge in [0.15, 0.2) is 9.84 Å². The summed E-state index contributed by atoms with van der Waals surface area (Å²) >= 11 is 0. The number of hydrogen-bond acceptors (Lipinski definition) is 5. The zero-order valence-electron chi connectivity index (χ0n) is 12.5. The van der Waals surface area contributed by atoms with E-state index < -0.39 is 21.3 Å². The van der Waals surface area contributed by atoms with Gasteiger partial charge in [-0.3, -0.25) is 4.79 Å². The lowest BCUT2D eigenvalue weighted by Crippen LogP contribution is -2.57. The van der Waals surface area contributed by atoms with Gasteiger partial charge in [0.05, 0.1) is 4.90 Å². The highest BCUT2D eigenvalue weighted by atomic mass is 32.2. The Kier molecular flexibility index (Phi) is 5.74. The van der Waals surface area contributed by atoms with Gasteiger partial charge in [0.2, 0.25) is 5.91 Å². The molecule has 6 nitrogen and oxygen atoms in total. The highest BCUT2D eigenvalue weighted by molar-refractivity contribution is 7.90. The summed E-state index contributed by atoms with van der Waals surface area (Å²) in [6.45, 7) is 4.29. The third-order valence-electron chi connectivity index (χ3n) is 3.07. The Morgan fingerprint density at radius 1 is 1.43 bits per heavy atom. The SMILES string of the molecule is CCCNC(C)(COc1cccc(S(C)(=O)=O)c1)C(N)=O. The number of carbonyl (C=O) groups is 1. The van der Waals surface area contributed by atoms with Crippen molar-refractivity contribution in [1.29, 1.82) is 0 Å². The predicted octanol–water partition coefficient (Wildman–Crippen LogP) is 0.713. The zero-order valence-corrected chi connectivity index (χ0v) is 13.4. The second-order valence-corrected chi connectivity index (χ2v) is 7.17. The number of nitrogens with one attached hydrogen (secondary N) is 1. The van der Waals surface area contributed by atoms with Crippen LogP contribution in [-0.4, -0.2) is 39.3 Å². The average molecular weight is 314 g/mol. The molecule has 0 aliphatic rings. The summed E-state index contributed by atoms with van der Waals surface area (Å²) in [5.41, 5.74) is 4.39. The number of ether oxygens (including phenoxy) is 1. The molecule has 0 radical (unpaired) electrons. The Hall–Kier alpha value is -1.60. The van der Waals surface area contributed by atoms with Gasteiger partial charge in [0, 0.05) is 6.26 Å². The lowest BCUT2D eigenvalue weighted by molar-refractivity contribution is -0.125. The third-order valence-corrected chi connectivity index (χ3v) is 4.18. The first-order valence-corrected chi connectivity index (χ1v) is 8.56. The van der Waals surface area contributed by atoms with Crippen LogP contribution in [0.25, 0.3) is 0 Å². The van der Waals surface area contributed by atoms with Gasteiger partial charge in [-0.05, 0) is 38.1 Å². The van der Waals surface area contributed by atoms with Crippen molar-refractivity contribution in [3.8, 4) is 5.75 Å². The molecule has 7 heteroatoms. The van der Waals surface area contributed by atoms with Crippen molar-refractivity contribution in [2.75, 3.05) is 19.4 Å². The van der Waals surface area contributed by atoms with Crippen LogP contribution in [0.15, 0.2) is 29.2 Å². The number of amides is 1. The van der Waals surface area contributed by atoms with Crippen LogP contribution in [0.2, 0.25) is 0 Å². The van der Waals surface area contributed by atoms with Gasteiger partial charge in [-0.25, -0.2) is 8.42 Å². The highest BCUT2D eigenvalue weighted by Gasteiger charge is 2.31. The highest BCUT2D eigenvalue weighted by Crippen LogP contribution is 2.18. The van der Waals surface area contributed by atoms with Gasteiger partial charge in [-0.1, -0.05) is 13.0 Å². The second kappa shape index (κ2) is 6.91. The lowest BCUT2D eigenvalue weighted by Gasteiger charge is -2.27. The van der Waals surface area contributed by atoms with E-state index >= 15 is 0 Å². The molecule has 0 saturated carbocycles. The van der Waals surface area contributed by atoms with Crippen LogP contribution in [0, 0.1) is 0 Å². The van der Waals surface area contributed by atoms with Crippen molar-refractivity contribution in [1.82, 2.24) is 5.32 Å². The maximum atomic E-state index is 11.6. The molecule has 1 atom stereocenters. The molecule has 1 amide bonds. The average Bonchev–Trinajstić information content (AvgIpc) is 2.42. The minimum atomic E-state index is -3.30. The van der Waals surface area contributed by atoms with Gasteiger partial charge >= 0.3 is 0 Å². The molecule has 0 saturated heterocycles. The molecule has 0 bridgehead atoms. The fourth-order valence-corrected chi connectivity index (χ4v) is 2.29. The van der Waals surface area contributed by atoms with E-state index in [1.807, 2.05) is 6.92 Å². The van der Waals surface area contributed by atoms with Crippen LogP contribution >= 0.6 is 0 Å². The molecule has 1 unspecified atom stereocenters. The Labute approximate surface area is 125 Å². The fraction of sp³-hybridized carbons (Fsp3) is 0.500. The largest absolute Gasteiger partial charge is 0.491 e. The Bertz CT molecular complexity index is 601. The van der Waals surface area contributed by atoms with Crippen molar-refractivity contribution in [2.24, 2.45) is 5.73 Å². The third kappa shape index (κ3) is 5.02.